The Kier molecular flexibility index (Phi) is 11.3. The van der Waals surface area contributed by atoms with Crippen molar-refractivity contribution >= 4 is 24.4 Å². The number of hydrogen-bond acceptors (Lipinski definition) is 0. The van der Waals surface area contributed by atoms with Gasteiger partial charge in [-0.2, -0.15) is 58.3 Å². The molecule has 1 aliphatic rings. The van der Waals surface area contributed by atoms with Crippen molar-refractivity contribution in [3.05, 3.63) is 64.8 Å². The maximum absolute atomic E-state index is 3.13. The molecule has 1 aliphatic heterocycles. The fraction of sp³-hybridized carbons (Fsp3) is 0. The van der Waals surface area contributed by atoms with Crippen LogP contribution < -0.4 is 0 Å². The van der Waals surface area contributed by atoms with Gasteiger partial charge in [0.15, 0.2) is 0 Å². The van der Waals surface area contributed by atoms with Crippen LogP contribution in [-0.2, 0) is 0 Å². The van der Waals surface area contributed by atoms with E-state index in [2.05, 4.69) is 19.9 Å². The molecular formula is C12H9IU. The monoisotopic (exact) mass is 518 g/mol. The van der Waals surface area contributed by atoms with E-state index in [4.69, 9.17) is 0 Å². The summed E-state index contributed by atoms with van der Waals surface area (Å²) in [6.07, 6.45) is 8.70. The molecular weight excluding hydrogens is 509 g/mol. The molecule has 0 bridgehead atoms. The second-order valence-corrected chi connectivity index (χ2v) is 4.05. The van der Waals surface area contributed by atoms with Gasteiger partial charge < -0.3 is 0 Å². The van der Waals surface area contributed by atoms with E-state index in [1.807, 2.05) is 48.6 Å². The maximum atomic E-state index is 3.13. The van der Waals surface area contributed by atoms with Gasteiger partial charge >= 0.3 is 31.1 Å². The number of hydrogen-bond donors (Lipinski definition) is 0. The van der Waals surface area contributed by atoms with Gasteiger partial charge in [0.05, 0.1) is 0 Å². The van der Waals surface area contributed by atoms with Gasteiger partial charge in [-0.15, -0.1) is 30.9 Å². The molecule has 0 saturated heterocycles. The summed E-state index contributed by atoms with van der Waals surface area (Å²) in [5.74, 6) is 0. The number of benzene rings is 1. The third kappa shape index (κ3) is 8.72. The molecule has 0 aromatic heterocycles. The minimum Gasteiger partial charge on any atom is -0.184 e. The first kappa shape index (κ1) is 14.1. The van der Waals surface area contributed by atoms with Crippen LogP contribution in [0, 0.1) is 43.3 Å². The number of rotatable bonds is 0. The molecule has 0 saturated carbocycles. The molecule has 68 valence electrons. The van der Waals surface area contributed by atoms with Crippen LogP contribution in [0.5, 0.6) is 0 Å². The van der Waals surface area contributed by atoms with Gasteiger partial charge in [-0.1, -0.05) is 0 Å². The topological polar surface area (TPSA) is 0 Å². The Hall–Kier alpha value is 0.132. The normalized spacial score (nSPS) is 11.4. The maximum Gasteiger partial charge on any atom is 2.00 e. The summed E-state index contributed by atoms with van der Waals surface area (Å²) in [6.45, 7) is 0. The van der Waals surface area contributed by atoms with Crippen molar-refractivity contribution < 1.29 is 31.1 Å². The van der Waals surface area contributed by atoms with Crippen LogP contribution in [0.4, 0.5) is 0 Å². The molecule has 1 aromatic rings. The standard InChI is InChI=1S/C6H4I.C6H5.U/c1-2-4-6-7-5-3-1;1-2-4-6-5-3-1;/h1,3-4,6H;1-5H;/q2*-1;+2. The van der Waals surface area contributed by atoms with Gasteiger partial charge in [0.2, 0.25) is 0 Å². The molecule has 0 unspecified atom stereocenters. The fourth-order valence-corrected chi connectivity index (χ4v) is 1.60. The van der Waals surface area contributed by atoms with Crippen molar-refractivity contribution in [3.8, 4) is 0 Å². The summed E-state index contributed by atoms with van der Waals surface area (Å²) in [5, 5.41) is 0. The molecule has 2 heteroatoms. The van der Waals surface area contributed by atoms with Crippen molar-refractivity contribution in [2.75, 3.05) is 0 Å². The van der Waals surface area contributed by atoms with Crippen molar-refractivity contribution in [1.29, 1.82) is 0 Å². The van der Waals surface area contributed by atoms with E-state index in [1.165, 1.54) is 0 Å². The van der Waals surface area contributed by atoms with E-state index < -0.39 is 0 Å². The fourth-order valence-electron chi connectivity index (χ4n) is 0.618. The number of allylic oxidation sites excluding steroid dienone is 4. The van der Waals surface area contributed by atoms with E-state index in [0.717, 1.165) is 0 Å². The van der Waals surface area contributed by atoms with E-state index in [1.54, 1.807) is 0 Å². The quantitative estimate of drug-likeness (QED) is 0.366. The van der Waals surface area contributed by atoms with Crippen molar-refractivity contribution in [2.45, 2.75) is 0 Å². The first-order valence-electron chi connectivity index (χ1n) is 3.85. The Labute approximate surface area is 119 Å². The van der Waals surface area contributed by atoms with Crippen LogP contribution in [0.3, 0.4) is 0 Å². The second kappa shape index (κ2) is 11.2. The Morgan fingerprint density at radius 3 is 2.43 bits per heavy atom. The summed E-state index contributed by atoms with van der Waals surface area (Å²) in [4.78, 5) is 0. The third-order valence-electron chi connectivity index (χ3n) is 1.13. The van der Waals surface area contributed by atoms with Crippen LogP contribution >= 0.6 is 20.7 Å². The summed E-state index contributed by atoms with van der Waals surface area (Å²) in [7, 11) is 0. The molecule has 0 N–H and O–H groups in total. The minimum atomic E-state index is 0. The van der Waals surface area contributed by atoms with E-state index in [0.29, 0.717) is 0 Å². The van der Waals surface area contributed by atoms with Gasteiger partial charge in [0.25, 0.3) is 0 Å². The van der Waals surface area contributed by atoms with E-state index >= 15 is 0 Å². The van der Waals surface area contributed by atoms with Crippen LogP contribution in [0.15, 0.2) is 52.6 Å². The zero-order valence-electron chi connectivity index (χ0n) is 7.57. The molecule has 1 aromatic carbocycles. The van der Waals surface area contributed by atoms with Crippen molar-refractivity contribution in [1.82, 2.24) is 0 Å². The molecule has 1 heterocycles. The molecule has 0 nitrogen and oxygen atoms in total. The number of halogens is 1. The predicted octanol–water partition coefficient (Wildman–Crippen LogP) is 3.29. The molecule has 0 aliphatic carbocycles. The summed E-state index contributed by atoms with van der Waals surface area (Å²) < 4.78 is 5.25. The third-order valence-corrected chi connectivity index (χ3v) is 2.57. The molecule has 0 fully saturated rings. The zero-order valence-corrected chi connectivity index (χ0v) is 13.9. The van der Waals surface area contributed by atoms with Crippen LogP contribution in [-0.4, -0.2) is 3.67 Å². The van der Waals surface area contributed by atoms with Crippen LogP contribution in [0.2, 0.25) is 0 Å². The Morgan fingerprint density at radius 1 is 1.07 bits per heavy atom. The largest absolute Gasteiger partial charge is 2.00 e. The SMILES string of the molecule is C1=CC=[C-]C=CI=1.[U+2].[c-]1ccccc1. The van der Waals surface area contributed by atoms with Crippen molar-refractivity contribution in [2.24, 2.45) is 0 Å². The zero-order chi connectivity index (χ0) is 9.19. The molecule has 0 spiro atoms. The van der Waals surface area contributed by atoms with E-state index in [-0.39, 0.29) is 51.8 Å². The average molecular weight is 518 g/mol. The van der Waals surface area contributed by atoms with Gasteiger partial charge in [0.1, 0.15) is 0 Å². The van der Waals surface area contributed by atoms with Gasteiger partial charge in [-0.25, -0.2) is 0 Å². The smallest absolute Gasteiger partial charge is 0.184 e. The predicted molar refractivity (Wildman–Crippen MR) is 65.8 cm³/mol. The van der Waals surface area contributed by atoms with E-state index in [9.17, 15) is 0 Å². The minimum absolute atomic E-state index is 0. The van der Waals surface area contributed by atoms with Crippen LogP contribution in [0.1, 0.15) is 0 Å². The molecule has 14 heavy (non-hydrogen) atoms. The molecule has 0 atom stereocenters. The second-order valence-electron chi connectivity index (χ2n) is 2.09. The molecule has 2 rings (SSSR count). The average Bonchev–Trinajstić information content (AvgIpc) is 2.53. The van der Waals surface area contributed by atoms with Gasteiger partial charge in [-0.3, -0.25) is 0 Å². The Morgan fingerprint density at radius 2 is 1.86 bits per heavy atom. The summed E-state index contributed by atoms with van der Waals surface area (Å²) in [6, 6.07) is 12.5. The first-order chi connectivity index (χ1) is 6.50. The summed E-state index contributed by atoms with van der Waals surface area (Å²) in [5.41, 5.74) is 0. The first-order valence-corrected chi connectivity index (χ1v) is 6.17. The van der Waals surface area contributed by atoms with Gasteiger partial charge in [-0.05, 0) is 0 Å². The van der Waals surface area contributed by atoms with Crippen molar-refractivity contribution in [3.63, 3.8) is 0 Å². The molecule has 0 amide bonds. The molecule has 0 radical (unpaired) electrons. The summed E-state index contributed by atoms with van der Waals surface area (Å²) >= 11 is 0.107. The van der Waals surface area contributed by atoms with Crippen LogP contribution in [0.25, 0.3) is 0 Å². The Balaban J connectivity index is 0.000000227. The van der Waals surface area contributed by atoms with Gasteiger partial charge in [0, 0.05) is 0 Å². The Bertz CT molecular complexity index is 290.